The van der Waals surface area contributed by atoms with Gasteiger partial charge in [-0.25, -0.2) is 0 Å². The van der Waals surface area contributed by atoms with Gasteiger partial charge >= 0.3 is 0 Å². The molecule has 4 heteroatoms. The summed E-state index contributed by atoms with van der Waals surface area (Å²) < 4.78 is 5.59. The van der Waals surface area contributed by atoms with Gasteiger partial charge in [-0.15, -0.1) is 0 Å². The summed E-state index contributed by atoms with van der Waals surface area (Å²) in [7, 11) is 0. The Balaban J connectivity index is 1.82. The fraction of sp³-hybridized carbons (Fsp3) is 0.714. The quantitative estimate of drug-likeness (QED) is 0.858. The van der Waals surface area contributed by atoms with Gasteiger partial charge in [0, 0.05) is 36.7 Å². The second kappa shape index (κ2) is 7.22. The Morgan fingerprint density at radius 2 is 2.17 bits per heavy atom. The third-order valence-electron chi connectivity index (χ3n) is 3.17. The lowest BCUT2D eigenvalue weighted by molar-refractivity contribution is 0.291. The lowest BCUT2D eigenvalue weighted by atomic mass is 10.2. The van der Waals surface area contributed by atoms with Gasteiger partial charge in [-0.05, 0) is 18.5 Å². The minimum atomic E-state index is 0.683. The predicted octanol–water partition coefficient (Wildman–Crippen LogP) is 2.57. The molecular formula is C14H24N2OS. The molecule has 1 saturated heterocycles. The number of hydrogen-bond acceptors (Lipinski definition) is 4. The Hall–Kier alpha value is -0.450. The SMILES string of the molecule is CC(C)CNCc1occc1CN1CCSCC1. The van der Waals surface area contributed by atoms with Crippen molar-refractivity contribution in [3.8, 4) is 0 Å². The van der Waals surface area contributed by atoms with E-state index in [4.69, 9.17) is 4.42 Å². The first kappa shape index (κ1) is 14.0. The average molecular weight is 268 g/mol. The van der Waals surface area contributed by atoms with E-state index in [1.54, 1.807) is 0 Å². The van der Waals surface area contributed by atoms with Gasteiger partial charge in [0.2, 0.25) is 0 Å². The molecule has 0 atom stereocenters. The summed E-state index contributed by atoms with van der Waals surface area (Å²) in [4.78, 5) is 2.52. The Morgan fingerprint density at radius 1 is 1.39 bits per heavy atom. The first-order chi connectivity index (χ1) is 8.75. The Labute approximate surface area is 114 Å². The van der Waals surface area contributed by atoms with Crippen molar-refractivity contribution in [2.75, 3.05) is 31.1 Å². The second-order valence-corrected chi connectivity index (χ2v) is 6.51. The molecule has 1 aliphatic rings. The van der Waals surface area contributed by atoms with E-state index in [9.17, 15) is 0 Å². The summed E-state index contributed by atoms with van der Waals surface area (Å²) in [6.07, 6.45) is 1.82. The van der Waals surface area contributed by atoms with Gasteiger partial charge in [0.25, 0.3) is 0 Å². The second-order valence-electron chi connectivity index (χ2n) is 5.28. The lowest BCUT2D eigenvalue weighted by Crippen LogP contribution is -2.32. The highest BCUT2D eigenvalue weighted by atomic mass is 32.2. The average Bonchev–Trinajstić information content (AvgIpc) is 2.78. The molecule has 1 N–H and O–H groups in total. The van der Waals surface area contributed by atoms with Gasteiger partial charge in [-0.3, -0.25) is 4.90 Å². The van der Waals surface area contributed by atoms with Crippen molar-refractivity contribution in [1.29, 1.82) is 0 Å². The molecule has 1 aromatic heterocycles. The third kappa shape index (κ3) is 4.34. The highest BCUT2D eigenvalue weighted by Crippen LogP contribution is 2.16. The first-order valence-corrected chi connectivity index (χ1v) is 7.97. The number of nitrogens with zero attached hydrogens (tertiary/aromatic N) is 1. The van der Waals surface area contributed by atoms with Gasteiger partial charge < -0.3 is 9.73 Å². The lowest BCUT2D eigenvalue weighted by Gasteiger charge is -2.25. The summed E-state index contributed by atoms with van der Waals surface area (Å²) in [5.74, 6) is 4.31. The van der Waals surface area contributed by atoms with E-state index in [0.29, 0.717) is 5.92 Å². The van der Waals surface area contributed by atoms with E-state index in [2.05, 4.69) is 41.9 Å². The van der Waals surface area contributed by atoms with E-state index >= 15 is 0 Å². The molecular weight excluding hydrogens is 244 g/mol. The summed E-state index contributed by atoms with van der Waals surface area (Å²) in [5, 5.41) is 3.45. The molecule has 18 heavy (non-hydrogen) atoms. The number of rotatable bonds is 6. The summed E-state index contributed by atoms with van der Waals surface area (Å²) >= 11 is 2.06. The predicted molar refractivity (Wildman–Crippen MR) is 77.9 cm³/mol. The van der Waals surface area contributed by atoms with Crippen LogP contribution in [0, 0.1) is 5.92 Å². The van der Waals surface area contributed by atoms with E-state index in [0.717, 1.165) is 25.4 Å². The van der Waals surface area contributed by atoms with Crippen molar-refractivity contribution in [2.45, 2.75) is 26.9 Å². The van der Waals surface area contributed by atoms with Crippen LogP contribution in [0.4, 0.5) is 0 Å². The zero-order chi connectivity index (χ0) is 12.8. The van der Waals surface area contributed by atoms with Crippen LogP contribution in [0.15, 0.2) is 16.7 Å². The first-order valence-electron chi connectivity index (χ1n) is 6.82. The molecule has 2 rings (SSSR count). The van der Waals surface area contributed by atoms with Crippen molar-refractivity contribution < 1.29 is 4.42 Å². The van der Waals surface area contributed by atoms with Gasteiger partial charge in [-0.1, -0.05) is 13.8 Å². The molecule has 0 aliphatic carbocycles. The van der Waals surface area contributed by atoms with Gasteiger partial charge in [0.1, 0.15) is 5.76 Å². The molecule has 0 saturated carbocycles. The Kier molecular flexibility index (Phi) is 5.60. The van der Waals surface area contributed by atoms with Crippen molar-refractivity contribution in [1.82, 2.24) is 10.2 Å². The van der Waals surface area contributed by atoms with Crippen molar-refractivity contribution in [3.63, 3.8) is 0 Å². The molecule has 1 aromatic rings. The highest BCUT2D eigenvalue weighted by Gasteiger charge is 2.14. The fourth-order valence-corrected chi connectivity index (χ4v) is 3.12. The number of furan rings is 1. The maximum Gasteiger partial charge on any atom is 0.122 e. The van der Waals surface area contributed by atoms with Crippen LogP contribution < -0.4 is 5.32 Å². The van der Waals surface area contributed by atoms with Crippen LogP contribution in [0.25, 0.3) is 0 Å². The molecule has 1 fully saturated rings. The fourth-order valence-electron chi connectivity index (χ4n) is 2.14. The van der Waals surface area contributed by atoms with Gasteiger partial charge in [0.15, 0.2) is 0 Å². The number of hydrogen-bond donors (Lipinski definition) is 1. The molecule has 0 bridgehead atoms. The topological polar surface area (TPSA) is 28.4 Å². The van der Waals surface area contributed by atoms with E-state index < -0.39 is 0 Å². The number of thioether (sulfide) groups is 1. The van der Waals surface area contributed by atoms with Crippen molar-refractivity contribution >= 4 is 11.8 Å². The van der Waals surface area contributed by atoms with Crippen LogP contribution in [0.2, 0.25) is 0 Å². The molecule has 0 amide bonds. The minimum absolute atomic E-state index is 0.683. The van der Waals surface area contributed by atoms with Crippen LogP contribution in [0.5, 0.6) is 0 Å². The third-order valence-corrected chi connectivity index (χ3v) is 4.12. The zero-order valence-electron chi connectivity index (χ0n) is 11.4. The van der Waals surface area contributed by atoms with E-state index in [1.807, 2.05) is 6.26 Å². The standard InChI is InChI=1S/C14H24N2OS/c1-12(2)9-15-10-14-13(3-6-17-14)11-16-4-7-18-8-5-16/h3,6,12,15H,4-5,7-11H2,1-2H3. The van der Waals surface area contributed by atoms with E-state index in [-0.39, 0.29) is 0 Å². The molecule has 1 aliphatic heterocycles. The van der Waals surface area contributed by atoms with Crippen LogP contribution in [0.3, 0.4) is 0 Å². The Bertz CT molecular complexity index is 345. The molecule has 0 aromatic carbocycles. The van der Waals surface area contributed by atoms with E-state index in [1.165, 1.54) is 30.2 Å². The van der Waals surface area contributed by atoms with Gasteiger partial charge in [0.05, 0.1) is 12.8 Å². The zero-order valence-corrected chi connectivity index (χ0v) is 12.3. The molecule has 3 nitrogen and oxygen atoms in total. The minimum Gasteiger partial charge on any atom is -0.468 e. The smallest absolute Gasteiger partial charge is 0.122 e. The summed E-state index contributed by atoms with van der Waals surface area (Å²) in [5.41, 5.74) is 1.35. The molecule has 2 heterocycles. The molecule has 0 radical (unpaired) electrons. The van der Waals surface area contributed by atoms with Crippen LogP contribution >= 0.6 is 11.8 Å². The highest BCUT2D eigenvalue weighted by molar-refractivity contribution is 7.99. The van der Waals surface area contributed by atoms with Crippen LogP contribution in [-0.4, -0.2) is 36.0 Å². The maximum absolute atomic E-state index is 5.59. The molecule has 102 valence electrons. The largest absolute Gasteiger partial charge is 0.468 e. The monoisotopic (exact) mass is 268 g/mol. The summed E-state index contributed by atoms with van der Waals surface area (Å²) in [6.45, 7) is 9.78. The number of nitrogens with one attached hydrogen (secondary N) is 1. The molecule has 0 unspecified atom stereocenters. The Morgan fingerprint density at radius 3 is 2.89 bits per heavy atom. The van der Waals surface area contributed by atoms with Crippen LogP contribution in [0.1, 0.15) is 25.2 Å². The van der Waals surface area contributed by atoms with Crippen LogP contribution in [-0.2, 0) is 13.1 Å². The van der Waals surface area contributed by atoms with Crippen molar-refractivity contribution in [3.05, 3.63) is 23.7 Å². The van der Waals surface area contributed by atoms with Crippen molar-refractivity contribution in [2.24, 2.45) is 5.92 Å². The maximum atomic E-state index is 5.59. The molecule has 0 spiro atoms. The summed E-state index contributed by atoms with van der Waals surface area (Å²) in [6, 6.07) is 2.12. The normalized spacial score (nSPS) is 17.5. The van der Waals surface area contributed by atoms with Gasteiger partial charge in [-0.2, -0.15) is 11.8 Å².